The molecular formula is C54H45F3O9S6. The third-order valence-corrected chi connectivity index (χ3v) is 15.5. The highest BCUT2D eigenvalue weighted by Crippen LogP contribution is 2.33. The Labute approximate surface area is 428 Å². The Morgan fingerprint density at radius 3 is 0.347 bits per heavy atom. The van der Waals surface area contributed by atoms with Crippen LogP contribution in [0.4, 0.5) is 11.7 Å². The SMILES string of the molecule is O=S(=O)([O-])F.O=S(=O)([O-])F.O=S(=O)([O-])F.c1ccc([S+](c2ccccc2)c2ccccc2)cc1.c1ccc([S+](c2ccccc2)c2ccccc2)cc1.c1ccc([S+](c2ccccc2)c2ccccc2)cc1. The molecule has 9 nitrogen and oxygen atoms in total. The third kappa shape index (κ3) is 24.1. The summed E-state index contributed by atoms with van der Waals surface area (Å²) in [6.45, 7) is 0. The third-order valence-electron chi connectivity index (χ3n) is 8.81. The predicted octanol–water partition coefficient (Wildman–Crippen LogP) is 12.6. The molecule has 0 aliphatic heterocycles. The van der Waals surface area contributed by atoms with E-state index in [1.54, 1.807) is 0 Å². The quantitative estimate of drug-likeness (QED) is 0.0775. The molecule has 0 aliphatic rings. The molecule has 0 N–H and O–H groups in total. The largest absolute Gasteiger partial charge is 0.722 e. The van der Waals surface area contributed by atoms with Gasteiger partial charge in [0.1, 0.15) is 0 Å². The van der Waals surface area contributed by atoms with Crippen LogP contribution in [0.3, 0.4) is 0 Å². The van der Waals surface area contributed by atoms with Gasteiger partial charge >= 0.3 is 0 Å². The predicted molar refractivity (Wildman–Crippen MR) is 277 cm³/mol. The summed E-state index contributed by atoms with van der Waals surface area (Å²) in [5.74, 6) is 0. The van der Waals surface area contributed by atoms with Gasteiger partial charge in [-0.25, -0.2) is 25.3 Å². The van der Waals surface area contributed by atoms with Crippen molar-refractivity contribution < 1.29 is 50.6 Å². The molecule has 0 bridgehead atoms. The molecule has 0 spiro atoms. The van der Waals surface area contributed by atoms with Gasteiger partial charge in [-0.05, 0) is 109 Å². The van der Waals surface area contributed by atoms with Gasteiger partial charge in [-0.2, -0.15) is 0 Å². The van der Waals surface area contributed by atoms with Crippen LogP contribution in [0.15, 0.2) is 317 Å². The monoisotopic (exact) mass is 1090 g/mol. The van der Waals surface area contributed by atoms with Crippen molar-refractivity contribution in [3.63, 3.8) is 0 Å². The topological polar surface area (TPSA) is 172 Å². The molecule has 0 fully saturated rings. The van der Waals surface area contributed by atoms with E-state index in [1.165, 1.54) is 44.1 Å². The second-order valence-corrected chi connectivity index (χ2v) is 22.4. The van der Waals surface area contributed by atoms with Crippen molar-refractivity contribution in [2.75, 3.05) is 0 Å². The van der Waals surface area contributed by atoms with Crippen LogP contribution in [0.1, 0.15) is 0 Å². The first-order valence-electron chi connectivity index (χ1n) is 21.0. The van der Waals surface area contributed by atoms with E-state index in [4.69, 9.17) is 38.9 Å². The maximum absolute atomic E-state index is 10.1. The highest BCUT2D eigenvalue weighted by Gasteiger charge is 2.29. The van der Waals surface area contributed by atoms with Gasteiger partial charge in [0, 0.05) is 0 Å². The molecule has 0 saturated carbocycles. The Bertz CT molecular complexity index is 2560. The normalized spacial score (nSPS) is 10.8. The van der Waals surface area contributed by atoms with Gasteiger partial charge in [0.2, 0.25) is 0 Å². The molecule has 0 amide bonds. The lowest BCUT2D eigenvalue weighted by Gasteiger charge is -2.07. The summed E-state index contributed by atoms with van der Waals surface area (Å²) in [6.07, 6.45) is 0. The summed E-state index contributed by atoms with van der Waals surface area (Å²) in [6, 6.07) is 96.5. The van der Waals surface area contributed by atoms with Crippen LogP contribution in [0.2, 0.25) is 0 Å². The minimum absolute atomic E-state index is 0.0146. The van der Waals surface area contributed by atoms with E-state index < -0.39 is 31.5 Å². The first-order chi connectivity index (χ1) is 34.3. The molecule has 0 atom stereocenters. The fourth-order valence-electron chi connectivity index (χ4n) is 6.23. The molecule has 18 heteroatoms. The zero-order chi connectivity index (χ0) is 52.2. The number of rotatable bonds is 9. The van der Waals surface area contributed by atoms with E-state index in [-0.39, 0.29) is 32.7 Å². The fraction of sp³-hybridized carbons (Fsp3) is 0. The van der Waals surface area contributed by atoms with Gasteiger partial charge in [0.25, 0.3) is 31.5 Å². The molecule has 0 radical (unpaired) electrons. The minimum Gasteiger partial charge on any atom is -0.722 e. The second kappa shape index (κ2) is 30.4. The van der Waals surface area contributed by atoms with Gasteiger partial charge < -0.3 is 13.7 Å². The van der Waals surface area contributed by atoms with Crippen LogP contribution in [0.25, 0.3) is 0 Å². The van der Waals surface area contributed by atoms with E-state index >= 15 is 0 Å². The van der Waals surface area contributed by atoms with Gasteiger partial charge in [-0.3, -0.25) is 0 Å². The number of hydrogen-bond acceptors (Lipinski definition) is 9. The van der Waals surface area contributed by atoms with E-state index in [2.05, 4.69) is 273 Å². The molecule has 72 heavy (non-hydrogen) atoms. The molecule has 0 unspecified atom stereocenters. The zero-order valence-corrected chi connectivity index (χ0v) is 42.6. The Balaban J connectivity index is 0.000000205. The highest BCUT2D eigenvalue weighted by molar-refractivity contribution is 7.97. The summed E-state index contributed by atoms with van der Waals surface area (Å²) in [5, 5.41) is 0. The Kier molecular flexibility index (Phi) is 24.6. The minimum atomic E-state index is -5.42. The average Bonchev–Trinajstić information content (AvgIpc) is 3.36. The van der Waals surface area contributed by atoms with Crippen LogP contribution in [0.5, 0.6) is 0 Å². The molecule has 9 rings (SSSR count). The first-order valence-corrected chi connectivity index (χ1v) is 28.6. The second-order valence-electron chi connectivity index (χ2n) is 13.9. The standard InChI is InChI=1S/3C18H15S.3FHO3S/c3*1-4-10-16(11-5-1)19(17-12-6-2-7-13-17)18-14-8-3-9-15-18;3*1-5(2,3)4/h3*1-15H;3*(H,2,3,4)/q3*+1;;;/p-3. The number of benzene rings is 9. The summed E-state index contributed by atoms with van der Waals surface area (Å²) in [4.78, 5) is 12.2. The van der Waals surface area contributed by atoms with Crippen LogP contribution in [-0.4, -0.2) is 38.9 Å². The maximum atomic E-state index is 10.1. The summed E-state index contributed by atoms with van der Waals surface area (Å²) >= 11 is 0. The number of halogens is 3. The van der Waals surface area contributed by atoms with Crippen molar-refractivity contribution in [1.82, 2.24) is 0 Å². The summed E-state index contributed by atoms with van der Waals surface area (Å²) in [5.41, 5.74) is 0. The molecule has 0 aliphatic carbocycles. The molecule has 9 aromatic rings. The average molecular weight is 1090 g/mol. The molecule has 372 valence electrons. The Morgan fingerprint density at radius 2 is 0.278 bits per heavy atom. The molecule has 9 aromatic carbocycles. The van der Waals surface area contributed by atoms with Crippen LogP contribution >= 0.6 is 0 Å². The molecule has 0 saturated heterocycles. The Morgan fingerprint density at radius 1 is 0.208 bits per heavy atom. The van der Waals surface area contributed by atoms with Gasteiger partial charge in [0.15, 0.2) is 44.1 Å². The van der Waals surface area contributed by atoms with Gasteiger partial charge in [-0.15, -0.1) is 11.7 Å². The lowest BCUT2D eigenvalue weighted by molar-refractivity contribution is 0.414. The van der Waals surface area contributed by atoms with Crippen LogP contribution in [-0.2, 0) is 64.2 Å². The van der Waals surface area contributed by atoms with Crippen molar-refractivity contribution in [2.24, 2.45) is 0 Å². The lowest BCUT2D eigenvalue weighted by Crippen LogP contribution is -2.04. The first kappa shape index (κ1) is 58.1. The summed E-state index contributed by atoms with van der Waals surface area (Å²) in [7, 11) is -16.3. The van der Waals surface area contributed by atoms with Crippen LogP contribution in [0, 0.1) is 0 Å². The molecule has 0 heterocycles. The van der Waals surface area contributed by atoms with E-state index in [1.807, 2.05) is 0 Å². The van der Waals surface area contributed by atoms with E-state index in [9.17, 15) is 11.7 Å². The van der Waals surface area contributed by atoms with Crippen molar-refractivity contribution in [1.29, 1.82) is 0 Å². The van der Waals surface area contributed by atoms with E-state index in [0.29, 0.717) is 0 Å². The number of hydrogen-bond donors (Lipinski definition) is 0. The highest BCUT2D eigenvalue weighted by atomic mass is 32.3. The molecular weight excluding hydrogens is 1040 g/mol. The van der Waals surface area contributed by atoms with Crippen molar-refractivity contribution in [3.05, 3.63) is 273 Å². The van der Waals surface area contributed by atoms with Crippen molar-refractivity contribution in [3.8, 4) is 0 Å². The summed E-state index contributed by atoms with van der Waals surface area (Å²) < 4.78 is 106. The lowest BCUT2D eigenvalue weighted by atomic mass is 10.4. The van der Waals surface area contributed by atoms with Gasteiger partial charge in [0.05, 0.1) is 32.7 Å². The smallest absolute Gasteiger partial charge is 0.255 e. The Hall–Kier alpha value is -6.45. The van der Waals surface area contributed by atoms with Gasteiger partial charge in [-0.1, -0.05) is 164 Å². The van der Waals surface area contributed by atoms with E-state index in [0.717, 1.165) is 0 Å². The zero-order valence-electron chi connectivity index (χ0n) is 37.7. The van der Waals surface area contributed by atoms with Crippen molar-refractivity contribution >= 4 is 64.2 Å². The molecule has 0 aromatic heterocycles. The fourth-order valence-corrected chi connectivity index (χ4v) is 12.5. The maximum Gasteiger partial charge on any atom is 0.255 e. The van der Waals surface area contributed by atoms with Crippen LogP contribution < -0.4 is 0 Å². The van der Waals surface area contributed by atoms with Crippen molar-refractivity contribution in [2.45, 2.75) is 44.1 Å².